The minimum Gasteiger partial charge on any atom is -0.314 e. The number of anilines is 4. The lowest BCUT2D eigenvalue weighted by atomic mass is 9.96. The Morgan fingerprint density at radius 1 is 0.561 bits per heavy atom. The van der Waals surface area contributed by atoms with Crippen LogP contribution in [0.4, 0.5) is 22.7 Å². The number of hydrogen-bond acceptors (Lipinski definition) is 2. The molecule has 8 rings (SSSR count). The summed E-state index contributed by atoms with van der Waals surface area (Å²) in [5.74, 6) is 0. The fourth-order valence-corrected chi connectivity index (χ4v) is 7.99. The molecule has 0 bridgehead atoms. The summed E-state index contributed by atoms with van der Waals surface area (Å²) in [4.78, 5) is 4.77. The Bertz CT molecular complexity index is 2910. The van der Waals surface area contributed by atoms with Gasteiger partial charge in [-0.05, 0) is 106 Å². The van der Waals surface area contributed by atoms with E-state index in [4.69, 9.17) is 0 Å². The first-order chi connectivity index (χ1) is 28.1. The van der Waals surface area contributed by atoms with Crippen LogP contribution < -0.4 is 20.2 Å². The Morgan fingerprint density at radius 2 is 1.14 bits per heavy atom. The fraction of sp³-hybridized carbons (Fsp3) is 0.0545. The molecule has 7 aromatic carbocycles. The average molecular weight is 735 g/mol. The lowest BCUT2D eigenvalue weighted by Crippen LogP contribution is -2.23. The van der Waals surface area contributed by atoms with Crippen molar-refractivity contribution in [2.45, 2.75) is 20.3 Å². The quantitative estimate of drug-likeness (QED) is 0.122. The van der Waals surface area contributed by atoms with Gasteiger partial charge in [-0.15, -0.1) is 0 Å². The smallest absolute Gasteiger partial charge is 0.0542 e. The molecule has 1 aliphatic carbocycles. The van der Waals surface area contributed by atoms with Crippen LogP contribution in [0.1, 0.15) is 24.5 Å². The lowest BCUT2D eigenvalue weighted by Gasteiger charge is -2.29. The van der Waals surface area contributed by atoms with Gasteiger partial charge in [0.05, 0.1) is 5.69 Å². The van der Waals surface area contributed by atoms with Gasteiger partial charge < -0.3 is 9.80 Å². The molecule has 0 unspecified atom stereocenters. The first-order valence-electron chi connectivity index (χ1n) is 19.6. The highest BCUT2D eigenvalue weighted by atomic mass is 15.2. The van der Waals surface area contributed by atoms with Crippen LogP contribution in [0, 0.1) is 17.4 Å². The predicted octanol–water partition coefficient (Wildman–Crippen LogP) is 13.2. The van der Waals surface area contributed by atoms with Crippen LogP contribution in [-0.2, 0) is 0 Å². The van der Waals surface area contributed by atoms with Crippen LogP contribution in [0.15, 0.2) is 213 Å². The van der Waals surface area contributed by atoms with Crippen molar-refractivity contribution in [3.05, 3.63) is 245 Å². The zero-order chi connectivity index (χ0) is 39.1. The summed E-state index contributed by atoms with van der Waals surface area (Å²) in [6.45, 7) is 12.1. The highest BCUT2D eigenvalue weighted by Crippen LogP contribution is 2.40. The van der Waals surface area contributed by atoms with E-state index in [0.29, 0.717) is 0 Å². The minimum absolute atomic E-state index is 0.808. The molecule has 2 nitrogen and oxygen atoms in total. The maximum Gasteiger partial charge on any atom is 0.0542 e. The Labute approximate surface area is 336 Å². The molecule has 0 saturated carbocycles. The molecule has 57 heavy (non-hydrogen) atoms. The van der Waals surface area contributed by atoms with Gasteiger partial charge in [0.15, 0.2) is 0 Å². The molecule has 2 heteroatoms. The number of aryl methyl sites for hydroxylation is 1. The molecule has 0 N–H and O–H groups in total. The number of benzene rings is 7. The van der Waals surface area contributed by atoms with Crippen molar-refractivity contribution in [1.29, 1.82) is 0 Å². The van der Waals surface area contributed by atoms with Crippen LogP contribution in [0.5, 0.6) is 0 Å². The van der Waals surface area contributed by atoms with Crippen molar-refractivity contribution in [3.8, 4) is 11.1 Å². The Morgan fingerprint density at radius 3 is 1.84 bits per heavy atom. The van der Waals surface area contributed by atoms with E-state index in [-0.39, 0.29) is 0 Å². The molecule has 0 fully saturated rings. The molecule has 0 radical (unpaired) electrons. The van der Waals surface area contributed by atoms with Crippen molar-refractivity contribution in [2.24, 2.45) is 0 Å². The van der Waals surface area contributed by atoms with Crippen molar-refractivity contribution in [3.63, 3.8) is 0 Å². The van der Waals surface area contributed by atoms with Gasteiger partial charge >= 0.3 is 0 Å². The van der Waals surface area contributed by atoms with Gasteiger partial charge in [0.1, 0.15) is 0 Å². The van der Waals surface area contributed by atoms with Crippen LogP contribution >= 0.6 is 0 Å². The SMILES string of the molecule is C=C/C=C\C=C(/C)N(c1ccc(-c2ccc(N(C3=c4ccccc4=c4ccccc4=CC3)c3ccccc3)cc2)cc1)c1cc(/C=C\C=C)c(C)c2ccccc12. The third kappa shape index (κ3) is 7.46. The maximum atomic E-state index is 3.92. The van der Waals surface area contributed by atoms with E-state index in [2.05, 4.69) is 213 Å². The van der Waals surface area contributed by atoms with Gasteiger partial charge in [-0.2, -0.15) is 0 Å². The minimum atomic E-state index is 0.808. The molecule has 0 heterocycles. The summed E-state index contributed by atoms with van der Waals surface area (Å²) in [5.41, 5.74) is 11.5. The first kappa shape index (κ1) is 36.8. The van der Waals surface area contributed by atoms with Crippen molar-refractivity contribution >= 4 is 51.4 Å². The molecule has 0 amide bonds. The summed E-state index contributed by atoms with van der Waals surface area (Å²) >= 11 is 0. The van der Waals surface area contributed by atoms with Crippen LogP contribution in [0.2, 0.25) is 0 Å². The second-order valence-corrected chi connectivity index (χ2v) is 14.3. The fourth-order valence-electron chi connectivity index (χ4n) is 7.99. The predicted molar refractivity (Wildman–Crippen MR) is 246 cm³/mol. The molecule has 0 saturated heterocycles. The van der Waals surface area contributed by atoms with Gasteiger partial charge in [-0.1, -0.05) is 171 Å². The molecule has 0 atom stereocenters. The monoisotopic (exact) mass is 734 g/mol. The van der Waals surface area contributed by atoms with Gasteiger partial charge in [0, 0.05) is 45.5 Å². The number of rotatable bonds is 11. The van der Waals surface area contributed by atoms with Gasteiger partial charge in [-0.3, -0.25) is 0 Å². The van der Waals surface area contributed by atoms with Gasteiger partial charge in [0.25, 0.3) is 0 Å². The summed E-state index contributed by atoms with van der Waals surface area (Å²) in [6.07, 6.45) is 17.1. The summed E-state index contributed by atoms with van der Waals surface area (Å²) < 4.78 is 0. The molecule has 7 aromatic rings. The standard InChI is InChI=1S/C55H46N2/c1-5-7-10-19-40(3)56(55-39-45(20-8-6-2)41(4)49-24-15-17-27-52(49)55)47-34-29-42(30-35-47)43-31-36-48(37-32-43)57(46-22-11-9-12-23-46)54-38-33-44-21-13-14-25-50(44)51-26-16-18-28-53(51)54/h5-37,39H,1-2,38H2,3-4H3/b10-7-,20-8-,40-19+. The largest absolute Gasteiger partial charge is 0.314 e. The molecule has 0 aliphatic heterocycles. The number of nitrogens with zero attached hydrogens (tertiary/aromatic N) is 2. The molecule has 1 aliphatic rings. The zero-order valence-electron chi connectivity index (χ0n) is 32.6. The molecular formula is C55H46N2. The molecule has 0 spiro atoms. The lowest BCUT2D eigenvalue weighted by molar-refractivity contribution is 1.16. The Balaban J connectivity index is 1.20. The highest BCUT2D eigenvalue weighted by molar-refractivity contribution is 6.01. The Kier molecular flexibility index (Phi) is 10.8. The number of para-hydroxylation sites is 1. The third-order valence-electron chi connectivity index (χ3n) is 10.8. The number of hydrogen-bond donors (Lipinski definition) is 0. The summed E-state index contributed by atoms with van der Waals surface area (Å²) in [6, 6.07) is 57.1. The maximum absolute atomic E-state index is 3.92. The van der Waals surface area contributed by atoms with Gasteiger partial charge in [-0.25, -0.2) is 0 Å². The second kappa shape index (κ2) is 16.7. The van der Waals surface area contributed by atoms with Crippen LogP contribution in [0.25, 0.3) is 39.7 Å². The van der Waals surface area contributed by atoms with Crippen LogP contribution in [0.3, 0.4) is 0 Å². The number of allylic oxidation sites excluding steroid dienone is 7. The highest BCUT2D eigenvalue weighted by Gasteiger charge is 2.19. The molecule has 0 aromatic heterocycles. The Hall–Kier alpha value is -7.16. The van der Waals surface area contributed by atoms with E-state index >= 15 is 0 Å². The zero-order valence-corrected chi connectivity index (χ0v) is 32.6. The second-order valence-electron chi connectivity index (χ2n) is 14.3. The van der Waals surface area contributed by atoms with E-state index in [9.17, 15) is 0 Å². The topological polar surface area (TPSA) is 6.48 Å². The van der Waals surface area contributed by atoms with E-state index in [1.165, 1.54) is 42.9 Å². The average Bonchev–Trinajstić information content (AvgIpc) is 3.42. The normalized spacial score (nSPS) is 12.5. The van der Waals surface area contributed by atoms with E-state index < -0.39 is 0 Å². The third-order valence-corrected chi connectivity index (χ3v) is 10.8. The van der Waals surface area contributed by atoms with E-state index in [0.717, 1.165) is 51.6 Å². The summed E-state index contributed by atoms with van der Waals surface area (Å²) in [5, 5.41) is 7.48. The summed E-state index contributed by atoms with van der Waals surface area (Å²) in [7, 11) is 0. The molecular weight excluding hydrogens is 689 g/mol. The van der Waals surface area contributed by atoms with Crippen molar-refractivity contribution in [1.82, 2.24) is 0 Å². The van der Waals surface area contributed by atoms with Crippen LogP contribution in [-0.4, -0.2) is 0 Å². The number of fused-ring (bicyclic) bond motifs is 3. The van der Waals surface area contributed by atoms with E-state index in [1.54, 1.807) is 6.08 Å². The van der Waals surface area contributed by atoms with Gasteiger partial charge in [0.2, 0.25) is 0 Å². The van der Waals surface area contributed by atoms with Crippen molar-refractivity contribution < 1.29 is 0 Å². The first-order valence-corrected chi connectivity index (χ1v) is 19.6. The van der Waals surface area contributed by atoms with E-state index in [1.807, 2.05) is 24.3 Å². The van der Waals surface area contributed by atoms with Crippen molar-refractivity contribution in [2.75, 3.05) is 9.80 Å². The molecule has 276 valence electrons.